The molecule has 8 heteroatoms. The van der Waals surface area contributed by atoms with Crippen molar-refractivity contribution in [2.24, 2.45) is 4.99 Å². The maximum absolute atomic E-state index is 12.4. The molecule has 28 heavy (non-hydrogen) atoms. The monoisotopic (exact) mass is 403 g/mol. The van der Waals surface area contributed by atoms with Crippen molar-refractivity contribution in [1.29, 1.82) is 0 Å². The molecule has 1 aromatic heterocycles. The Labute approximate surface area is 168 Å². The first-order valence-electron chi connectivity index (χ1n) is 9.24. The molecule has 0 fully saturated rings. The van der Waals surface area contributed by atoms with Crippen molar-refractivity contribution in [3.8, 4) is 5.69 Å². The Kier molecular flexibility index (Phi) is 5.88. The van der Waals surface area contributed by atoms with Gasteiger partial charge in [0, 0.05) is 30.4 Å². The largest absolute Gasteiger partial charge is 0.448 e. The standard InChI is InChI=1S/C20H25N3O4S/c1-5-26-18(24)21-17-23(10-11-28-17)16-7-6-14-8-9-22(13-15(14)12-16)19(25)27-20(2,3)4/h6-7,10-12H,5,8-9,13H2,1-4H3. The Morgan fingerprint density at radius 1 is 1.25 bits per heavy atom. The van der Waals surface area contributed by atoms with Gasteiger partial charge in [-0.3, -0.25) is 4.57 Å². The van der Waals surface area contributed by atoms with Gasteiger partial charge in [0.1, 0.15) is 5.60 Å². The maximum Gasteiger partial charge on any atom is 0.436 e. The third-order valence-corrected chi connectivity index (χ3v) is 4.93. The Morgan fingerprint density at radius 3 is 2.75 bits per heavy atom. The lowest BCUT2D eigenvalue weighted by Crippen LogP contribution is -2.39. The average Bonchev–Trinajstić information content (AvgIpc) is 3.07. The number of aromatic nitrogens is 1. The van der Waals surface area contributed by atoms with Crippen molar-refractivity contribution in [3.63, 3.8) is 0 Å². The third kappa shape index (κ3) is 4.81. The van der Waals surface area contributed by atoms with Gasteiger partial charge in [-0.1, -0.05) is 6.07 Å². The molecule has 0 N–H and O–H groups in total. The Hall–Kier alpha value is -2.61. The normalized spacial score (nSPS) is 14.6. The molecule has 1 aromatic carbocycles. The van der Waals surface area contributed by atoms with E-state index in [1.165, 1.54) is 16.9 Å². The minimum Gasteiger partial charge on any atom is -0.448 e. The van der Waals surface area contributed by atoms with E-state index >= 15 is 0 Å². The van der Waals surface area contributed by atoms with Gasteiger partial charge in [0.05, 0.1) is 6.61 Å². The number of carbonyl (C=O) groups is 2. The molecular weight excluding hydrogens is 378 g/mol. The van der Waals surface area contributed by atoms with Gasteiger partial charge in [-0.15, -0.1) is 16.3 Å². The van der Waals surface area contributed by atoms with Crippen LogP contribution >= 0.6 is 11.3 Å². The highest BCUT2D eigenvalue weighted by atomic mass is 32.1. The Morgan fingerprint density at radius 2 is 2.04 bits per heavy atom. The van der Waals surface area contributed by atoms with Crippen LogP contribution in [0.15, 0.2) is 34.8 Å². The molecule has 2 heterocycles. The highest BCUT2D eigenvalue weighted by molar-refractivity contribution is 7.07. The van der Waals surface area contributed by atoms with Crippen molar-refractivity contribution in [2.45, 2.75) is 46.3 Å². The van der Waals surface area contributed by atoms with E-state index in [-0.39, 0.29) is 12.7 Å². The third-order valence-electron chi connectivity index (χ3n) is 4.18. The molecule has 1 aliphatic heterocycles. The molecule has 2 aromatic rings. The summed E-state index contributed by atoms with van der Waals surface area (Å²) in [6.07, 6.45) is 1.74. The first-order valence-corrected chi connectivity index (χ1v) is 10.1. The van der Waals surface area contributed by atoms with Gasteiger partial charge in [-0.2, -0.15) is 0 Å². The molecule has 0 unspecified atom stereocenters. The zero-order valence-corrected chi connectivity index (χ0v) is 17.4. The van der Waals surface area contributed by atoms with E-state index in [2.05, 4.69) is 11.1 Å². The topological polar surface area (TPSA) is 73.1 Å². The molecule has 0 saturated carbocycles. The number of carbonyl (C=O) groups excluding carboxylic acids is 2. The van der Waals surface area contributed by atoms with Gasteiger partial charge >= 0.3 is 12.2 Å². The smallest absolute Gasteiger partial charge is 0.436 e. The average molecular weight is 404 g/mol. The minimum atomic E-state index is -0.604. The molecule has 7 nitrogen and oxygen atoms in total. The molecular formula is C20H25N3O4S. The number of hydrogen-bond donors (Lipinski definition) is 0. The number of ether oxygens (including phenoxy) is 2. The van der Waals surface area contributed by atoms with E-state index in [1.54, 1.807) is 11.8 Å². The van der Waals surface area contributed by atoms with E-state index in [1.807, 2.05) is 49.0 Å². The first kappa shape index (κ1) is 20.1. The summed E-state index contributed by atoms with van der Waals surface area (Å²) >= 11 is 1.36. The minimum absolute atomic E-state index is 0.285. The highest BCUT2D eigenvalue weighted by Crippen LogP contribution is 2.23. The molecule has 0 bridgehead atoms. The molecule has 1 aliphatic rings. The number of fused-ring (bicyclic) bond motifs is 1. The van der Waals surface area contributed by atoms with Crippen LogP contribution in [0.25, 0.3) is 5.69 Å². The molecule has 3 rings (SSSR count). The van der Waals surface area contributed by atoms with E-state index in [4.69, 9.17) is 9.47 Å². The summed E-state index contributed by atoms with van der Waals surface area (Å²) in [6, 6.07) is 6.09. The summed E-state index contributed by atoms with van der Waals surface area (Å²) < 4.78 is 12.2. The van der Waals surface area contributed by atoms with E-state index in [0.29, 0.717) is 17.9 Å². The van der Waals surface area contributed by atoms with Gasteiger partial charge in [-0.05, 0) is 57.4 Å². The lowest BCUT2D eigenvalue weighted by Gasteiger charge is -2.31. The van der Waals surface area contributed by atoms with Crippen molar-refractivity contribution < 1.29 is 19.1 Å². The van der Waals surface area contributed by atoms with Crippen LogP contribution in [0, 0.1) is 0 Å². The zero-order valence-electron chi connectivity index (χ0n) is 16.6. The van der Waals surface area contributed by atoms with Crippen LogP contribution in [-0.2, 0) is 22.4 Å². The lowest BCUT2D eigenvalue weighted by molar-refractivity contribution is 0.0224. The summed E-state index contributed by atoms with van der Waals surface area (Å²) in [4.78, 5) is 30.4. The molecule has 0 saturated heterocycles. The predicted octanol–water partition coefficient (Wildman–Crippen LogP) is 3.89. The van der Waals surface area contributed by atoms with Gasteiger partial charge in [-0.25, -0.2) is 9.59 Å². The highest BCUT2D eigenvalue weighted by Gasteiger charge is 2.25. The van der Waals surface area contributed by atoms with Crippen molar-refractivity contribution >= 4 is 23.5 Å². The van der Waals surface area contributed by atoms with Crippen LogP contribution in [0.1, 0.15) is 38.8 Å². The SMILES string of the molecule is CCOC(=O)N=c1sccn1-c1ccc2c(c1)CN(C(=O)OC(C)(C)C)CC2. The molecule has 0 aliphatic carbocycles. The molecule has 2 amide bonds. The van der Waals surface area contributed by atoms with Gasteiger partial charge in [0.15, 0.2) is 0 Å². The van der Waals surface area contributed by atoms with Crippen LogP contribution in [0.2, 0.25) is 0 Å². The maximum atomic E-state index is 12.4. The summed E-state index contributed by atoms with van der Waals surface area (Å²) in [5.41, 5.74) is 2.64. The van der Waals surface area contributed by atoms with Crippen LogP contribution < -0.4 is 4.80 Å². The second kappa shape index (κ2) is 8.18. The molecule has 0 spiro atoms. The lowest BCUT2D eigenvalue weighted by atomic mass is 9.99. The summed E-state index contributed by atoms with van der Waals surface area (Å²) in [6.45, 7) is 8.75. The van der Waals surface area contributed by atoms with Crippen molar-refractivity contribution in [3.05, 3.63) is 45.7 Å². The van der Waals surface area contributed by atoms with Crippen LogP contribution in [0.4, 0.5) is 9.59 Å². The second-order valence-corrected chi connectivity index (χ2v) is 8.34. The van der Waals surface area contributed by atoms with Crippen LogP contribution in [0.3, 0.4) is 0 Å². The zero-order chi connectivity index (χ0) is 20.3. The van der Waals surface area contributed by atoms with Crippen LogP contribution in [-0.4, -0.2) is 40.4 Å². The number of rotatable bonds is 2. The van der Waals surface area contributed by atoms with Gasteiger partial charge < -0.3 is 14.4 Å². The van der Waals surface area contributed by atoms with E-state index in [9.17, 15) is 9.59 Å². The van der Waals surface area contributed by atoms with Crippen LogP contribution in [0.5, 0.6) is 0 Å². The number of thiazole rings is 1. The predicted molar refractivity (Wildman–Crippen MR) is 107 cm³/mol. The Balaban J connectivity index is 1.86. The first-order chi connectivity index (χ1) is 13.3. The summed E-state index contributed by atoms with van der Waals surface area (Å²) in [5.74, 6) is 0. The second-order valence-electron chi connectivity index (χ2n) is 7.47. The van der Waals surface area contributed by atoms with Gasteiger partial charge in [0.25, 0.3) is 0 Å². The number of hydrogen-bond acceptors (Lipinski definition) is 5. The molecule has 150 valence electrons. The van der Waals surface area contributed by atoms with E-state index in [0.717, 1.165) is 17.7 Å². The quantitative estimate of drug-likeness (QED) is 0.763. The fraction of sp³-hybridized carbons (Fsp3) is 0.450. The fourth-order valence-electron chi connectivity index (χ4n) is 2.96. The Bertz CT molecular complexity index is 939. The van der Waals surface area contributed by atoms with Gasteiger partial charge in [0.2, 0.25) is 4.80 Å². The molecule has 0 radical (unpaired) electrons. The molecule has 0 atom stereocenters. The van der Waals surface area contributed by atoms with Crippen molar-refractivity contribution in [2.75, 3.05) is 13.2 Å². The number of nitrogens with zero attached hydrogens (tertiary/aromatic N) is 3. The summed E-state index contributed by atoms with van der Waals surface area (Å²) in [7, 11) is 0. The van der Waals surface area contributed by atoms with E-state index < -0.39 is 11.7 Å². The fourth-order valence-corrected chi connectivity index (χ4v) is 3.67. The number of benzene rings is 1. The summed E-state index contributed by atoms with van der Waals surface area (Å²) in [5, 5.41) is 1.87. The number of amides is 2. The van der Waals surface area contributed by atoms with Crippen molar-refractivity contribution in [1.82, 2.24) is 9.47 Å².